The standard InChI is InChI=1S/C14H16N2O3/c1-16(2)8-7-15-13(17)11-9-10-5-3-4-6-12(10)19-14(11)18/h3-6,9H,7-8H2,1-2H3,(H,15,17)/p+1. The molecule has 0 aliphatic heterocycles. The summed E-state index contributed by atoms with van der Waals surface area (Å²) >= 11 is 0. The highest BCUT2D eigenvalue weighted by atomic mass is 16.4. The van der Waals surface area contributed by atoms with Crippen molar-refractivity contribution in [3.05, 3.63) is 46.3 Å². The van der Waals surface area contributed by atoms with Crippen molar-refractivity contribution < 1.29 is 14.1 Å². The van der Waals surface area contributed by atoms with Crippen molar-refractivity contribution in [3.63, 3.8) is 0 Å². The second kappa shape index (κ2) is 5.67. The average Bonchev–Trinajstić information content (AvgIpc) is 2.37. The van der Waals surface area contributed by atoms with Gasteiger partial charge in [-0.15, -0.1) is 0 Å². The van der Waals surface area contributed by atoms with Gasteiger partial charge in [-0.2, -0.15) is 0 Å². The van der Waals surface area contributed by atoms with Crippen LogP contribution < -0.4 is 15.8 Å². The van der Waals surface area contributed by atoms with E-state index in [0.717, 1.165) is 11.9 Å². The van der Waals surface area contributed by atoms with Gasteiger partial charge in [-0.1, -0.05) is 18.2 Å². The molecule has 0 aliphatic carbocycles. The first-order valence-electron chi connectivity index (χ1n) is 6.18. The molecule has 0 spiro atoms. The molecule has 19 heavy (non-hydrogen) atoms. The Kier molecular flexibility index (Phi) is 3.97. The molecular weight excluding hydrogens is 244 g/mol. The van der Waals surface area contributed by atoms with Crippen molar-refractivity contribution >= 4 is 16.9 Å². The average molecular weight is 261 g/mol. The van der Waals surface area contributed by atoms with Gasteiger partial charge in [0.05, 0.1) is 27.2 Å². The molecule has 0 fully saturated rings. The highest BCUT2D eigenvalue weighted by molar-refractivity contribution is 5.96. The van der Waals surface area contributed by atoms with E-state index in [9.17, 15) is 9.59 Å². The van der Waals surface area contributed by atoms with Gasteiger partial charge < -0.3 is 14.6 Å². The molecule has 2 N–H and O–H groups in total. The topological polar surface area (TPSA) is 63.8 Å². The number of carbonyl (C=O) groups is 1. The molecule has 2 aromatic rings. The van der Waals surface area contributed by atoms with E-state index in [1.165, 1.54) is 4.90 Å². The second-order valence-electron chi connectivity index (χ2n) is 4.70. The predicted octanol–water partition coefficient (Wildman–Crippen LogP) is -0.333. The zero-order chi connectivity index (χ0) is 13.8. The molecule has 0 aliphatic rings. The van der Waals surface area contributed by atoms with E-state index in [0.29, 0.717) is 12.1 Å². The fourth-order valence-corrected chi connectivity index (χ4v) is 1.74. The summed E-state index contributed by atoms with van der Waals surface area (Å²) in [6.45, 7) is 1.32. The van der Waals surface area contributed by atoms with Gasteiger partial charge in [-0.25, -0.2) is 4.79 Å². The van der Waals surface area contributed by atoms with E-state index in [4.69, 9.17) is 4.42 Å². The molecule has 1 aromatic carbocycles. The molecule has 1 heterocycles. The maximum Gasteiger partial charge on any atom is 0.349 e. The van der Waals surface area contributed by atoms with E-state index in [-0.39, 0.29) is 11.5 Å². The minimum atomic E-state index is -0.603. The highest BCUT2D eigenvalue weighted by Crippen LogP contribution is 2.12. The van der Waals surface area contributed by atoms with Crippen molar-refractivity contribution in [1.29, 1.82) is 0 Å². The summed E-state index contributed by atoms with van der Waals surface area (Å²) in [5.74, 6) is -0.388. The zero-order valence-electron chi connectivity index (χ0n) is 11.0. The molecule has 1 aromatic heterocycles. The smallest absolute Gasteiger partial charge is 0.349 e. The SMILES string of the molecule is C[NH+](C)CCNC(=O)c1cc2ccccc2oc1=O. The van der Waals surface area contributed by atoms with Gasteiger partial charge in [0.15, 0.2) is 0 Å². The van der Waals surface area contributed by atoms with Crippen LogP contribution in [0.4, 0.5) is 0 Å². The maximum atomic E-state index is 11.9. The first-order chi connectivity index (χ1) is 9.08. The van der Waals surface area contributed by atoms with Crippen molar-refractivity contribution in [2.75, 3.05) is 27.2 Å². The Morgan fingerprint density at radius 1 is 1.32 bits per heavy atom. The Bertz CT molecular complexity index is 646. The Morgan fingerprint density at radius 3 is 2.79 bits per heavy atom. The lowest BCUT2D eigenvalue weighted by atomic mass is 10.2. The number of nitrogens with one attached hydrogen (secondary N) is 2. The van der Waals surface area contributed by atoms with E-state index < -0.39 is 5.63 Å². The van der Waals surface area contributed by atoms with Crippen LogP contribution >= 0.6 is 0 Å². The number of para-hydroxylation sites is 1. The quantitative estimate of drug-likeness (QED) is 0.741. The van der Waals surface area contributed by atoms with Crippen LogP contribution in [0.15, 0.2) is 39.5 Å². The van der Waals surface area contributed by atoms with Crippen molar-refractivity contribution in [3.8, 4) is 0 Å². The summed E-state index contributed by atoms with van der Waals surface area (Å²) < 4.78 is 5.12. The van der Waals surface area contributed by atoms with Crippen LogP contribution in [0.1, 0.15) is 10.4 Å². The van der Waals surface area contributed by atoms with Crippen LogP contribution in [0.25, 0.3) is 11.0 Å². The highest BCUT2D eigenvalue weighted by Gasteiger charge is 2.13. The van der Waals surface area contributed by atoms with Gasteiger partial charge in [-0.05, 0) is 12.1 Å². The molecule has 0 bridgehead atoms. The monoisotopic (exact) mass is 261 g/mol. The van der Waals surface area contributed by atoms with E-state index in [2.05, 4.69) is 5.32 Å². The van der Waals surface area contributed by atoms with E-state index in [1.54, 1.807) is 24.3 Å². The zero-order valence-corrected chi connectivity index (χ0v) is 11.0. The maximum absolute atomic E-state index is 11.9. The summed E-state index contributed by atoms with van der Waals surface area (Å²) in [4.78, 5) is 24.9. The van der Waals surface area contributed by atoms with Crippen LogP contribution in [-0.2, 0) is 0 Å². The molecule has 0 saturated heterocycles. The van der Waals surface area contributed by atoms with Crippen molar-refractivity contribution in [1.82, 2.24) is 5.32 Å². The molecular formula is C14H17N2O3+. The largest absolute Gasteiger partial charge is 0.422 e. The molecule has 1 amide bonds. The van der Waals surface area contributed by atoms with Gasteiger partial charge in [0, 0.05) is 5.39 Å². The molecule has 5 heteroatoms. The fraction of sp³-hybridized carbons (Fsp3) is 0.286. The number of benzene rings is 1. The molecule has 2 rings (SSSR count). The lowest BCUT2D eigenvalue weighted by molar-refractivity contribution is -0.856. The number of amides is 1. The van der Waals surface area contributed by atoms with Crippen molar-refractivity contribution in [2.24, 2.45) is 0 Å². The molecule has 5 nitrogen and oxygen atoms in total. The van der Waals surface area contributed by atoms with Crippen LogP contribution in [0, 0.1) is 0 Å². The van der Waals surface area contributed by atoms with Gasteiger partial charge in [0.25, 0.3) is 5.91 Å². The number of rotatable bonds is 4. The summed E-state index contributed by atoms with van der Waals surface area (Å²) in [6.07, 6.45) is 0. The summed E-state index contributed by atoms with van der Waals surface area (Å²) in [5.41, 5.74) is -0.0670. The molecule has 0 radical (unpaired) electrons. The van der Waals surface area contributed by atoms with E-state index in [1.807, 2.05) is 20.2 Å². The lowest BCUT2D eigenvalue weighted by Crippen LogP contribution is -3.06. The third-order valence-corrected chi connectivity index (χ3v) is 2.80. The van der Waals surface area contributed by atoms with E-state index >= 15 is 0 Å². The fourth-order valence-electron chi connectivity index (χ4n) is 1.74. The van der Waals surface area contributed by atoms with Crippen LogP contribution in [0.3, 0.4) is 0 Å². The molecule has 100 valence electrons. The molecule has 0 saturated carbocycles. The lowest BCUT2D eigenvalue weighted by Gasteiger charge is -2.08. The van der Waals surface area contributed by atoms with Gasteiger partial charge in [-0.3, -0.25) is 4.79 Å². The molecule has 0 atom stereocenters. The number of fused-ring (bicyclic) bond motifs is 1. The minimum Gasteiger partial charge on any atom is -0.422 e. The van der Waals surface area contributed by atoms with Crippen LogP contribution in [0.2, 0.25) is 0 Å². The Balaban J connectivity index is 2.22. The summed E-state index contributed by atoms with van der Waals surface area (Å²) in [6, 6.07) is 8.69. The van der Waals surface area contributed by atoms with Crippen LogP contribution in [0.5, 0.6) is 0 Å². The second-order valence-corrected chi connectivity index (χ2v) is 4.70. The van der Waals surface area contributed by atoms with Gasteiger partial charge >= 0.3 is 5.63 Å². The number of carbonyl (C=O) groups excluding carboxylic acids is 1. The number of hydrogen-bond acceptors (Lipinski definition) is 3. The predicted molar refractivity (Wildman–Crippen MR) is 72.5 cm³/mol. The Hall–Kier alpha value is -2.14. The van der Waals surface area contributed by atoms with Crippen LogP contribution in [-0.4, -0.2) is 33.1 Å². The molecule has 0 unspecified atom stereocenters. The minimum absolute atomic E-state index is 0.0486. The van der Waals surface area contributed by atoms with Gasteiger partial charge in [0.1, 0.15) is 11.1 Å². The summed E-state index contributed by atoms with van der Waals surface area (Å²) in [7, 11) is 3.99. The Morgan fingerprint density at radius 2 is 2.05 bits per heavy atom. The van der Waals surface area contributed by atoms with Crippen molar-refractivity contribution in [2.45, 2.75) is 0 Å². The normalized spacial score (nSPS) is 10.9. The number of likely N-dealkylation sites (N-methyl/N-ethyl adjacent to an activating group) is 1. The first-order valence-corrected chi connectivity index (χ1v) is 6.18. The number of hydrogen-bond donors (Lipinski definition) is 2. The first kappa shape index (κ1) is 13.3. The third-order valence-electron chi connectivity index (χ3n) is 2.80. The Labute approximate surface area is 110 Å². The summed E-state index contributed by atoms with van der Waals surface area (Å²) in [5, 5.41) is 3.46. The number of quaternary nitrogens is 1. The van der Waals surface area contributed by atoms with Gasteiger partial charge in [0.2, 0.25) is 0 Å². The third kappa shape index (κ3) is 3.20.